The third-order valence-electron chi connectivity index (χ3n) is 4.97. The summed E-state index contributed by atoms with van der Waals surface area (Å²) in [5, 5.41) is 16.6. The minimum atomic E-state index is -0.994. The predicted molar refractivity (Wildman–Crippen MR) is 130 cm³/mol. The summed E-state index contributed by atoms with van der Waals surface area (Å²) in [7, 11) is 0. The van der Waals surface area contributed by atoms with Crippen molar-refractivity contribution in [3.05, 3.63) is 88.6 Å². The summed E-state index contributed by atoms with van der Waals surface area (Å²) in [5.41, 5.74) is 1.96. The topological polar surface area (TPSA) is 99.0 Å². The van der Waals surface area contributed by atoms with Crippen molar-refractivity contribution in [1.82, 2.24) is 25.5 Å². The van der Waals surface area contributed by atoms with Gasteiger partial charge in [0.25, 0.3) is 5.91 Å². The van der Waals surface area contributed by atoms with E-state index in [4.69, 9.17) is 4.74 Å². The first-order valence-electron chi connectivity index (χ1n) is 10.7. The van der Waals surface area contributed by atoms with Gasteiger partial charge in [-0.15, -0.1) is 16.4 Å². The maximum absolute atomic E-state index is 13.2. The molecule has 0 bridgehead atoms. The molecule has 172 valence electrons. The molecular weight excluding hydrogens is 450 g/mol. The molecule has 0 saturated heterocycles. The summed E-state index contributed by atoms with van der Waals surface area (Å²) in [4.78, 5) is 26.5. The SMILES string of the molecule is CC(OC(=O)/C(=C/c1cccs1)n1nnnc1-c1ccccc1)C(=O)NCCc1ccccc1. The Morgan fingerprint density at radius 2 is 1.79 bits per heavy atom. The van der Waals surface area contributed by atoms with Gasteiger partial charge in [-0.1, -0.05) is 66.7 Å². The number of hydrogen-bond acceptors (Lipinski definition) is 7. The summed E-state index contributed by atoms with van der Waals surface area (Å²) < 4.78 is 6.84. The minimum Gasteiger partial charge on any atom is -0.448 e. The number of benzene rings is 2. The van der Waals surface area contributed by atoms with Crippen LogP contribution in [-0.4, -0.2) is 44.7 Å². The van der Waals surface area contributed by atoms with Gasteiger partial charge in [-0.2, -0.15) is 4.68 Å². The fraction of sp³-hybridized carbons (Fsp3) is 0.160. The van der Waals surface area contributed by atoms with Crippen LogP contribution in [0.1, 0.15) is 17.4 Å². The average Bonchev–Trinajstić information content (AvgIpc) is 3.56. The molecule has 2 aromatic heterocycles. The molecule has 9 heteroatoms. The van der Waals surface area contributed by atoms with E-state index >= 15 is 0 Å². The number of tetrazole rings is 1. The molecule has 0 aliphatic carbocycles. The van der Waals surface area contributed by atoms with E-state index in [0.29, 0.717) is 18.8 Å². The molecule has 1 unspecified atom stereocenters. The maximum atomic E-state index is 13.2. The van der Waals surface area contributed by atoms with E-state index in [1.807, 2.05) is 78.2 Å². The van der Waals surface area contributed by atoms with Crippen molar-refractivity contribution >= 4 is 35.0 Å². The van der Waals surface area contributed by atoms with Gasteiger partial charge in [0.1, 0.15) is 0 Å². The van der Waals surface area contributed by atoms with Gasteiger partial charge in [0, 0.05) is 17.0 Å². The van der Waals surface area contributed by atoms with Crippen molar-refractivity contribution < 1.29 is 14.3 Å². The Hall–Kier alpha value is -4.11. The van der Waals surface area contributed by atoms with Crippen LogP contribution < -0.4 is 5.32 Å². The number of thiophene rings is 1. The van der Waals surface area contributed by atoms with Crippen LogP contribution in [0.25, 0.3) is 23.2 Å². The van der Waals surface area contributed by atoms with Crippen LogP contribution in [0.5, 0.6) is 0 Å². The van der Waals surface area contributed by atoms with Crippen molar-refractivity contribution in [2.75, 3.05) is 6.54 Å². The van der Waals surface area contributed by atoms with Crippen LogP contribution in [0.15, 0.2) is 78.2 Å². The third kappa shape index (κ3) is 5.81. The van der Waals surface area contributed by atoms with Crippen molar-refractivity contribution in [3.63, 3.8) is 0 Å². The van der Waals surface area contributed by atoms with Gasteiger partial charge < -0.3 is 10.1 Å². The fourth-order valence-electron chi connectivity index (χ4n) is 3.22. The van der Waals surface area contributed by atoms with Crippen molar-refractivity contribution in [2.45, 2.75) is 19.4 Å². The number of esters is 1. The van der Waals surface area contributed by atoms with E-state index in [9.17, 15) is 9.59 Å². The van der Waals surface area contributed by atoms with Gasteiger partial charge in [-0.3, -0.25) is 4.79 Å². The highest BCUT2D eigenvalue weighted by molar-refractivity contribution is 7.10. The number of carbonyl (C=O) groups excluding carboxylic acids is 2. The highest BCUT2D eigenvalue weighted by atomic mass is 32.1. The first-order valence-corrected chi connectivity index (χ1v) is 11.6. The monoisotopic (exact) mass is 473 g/mol. The van der Waals surface area contributed by atoms with Crippen LogP contribution >= 0.6 is 11.3 Å². The van der Waals surface area contributed by atoms with E-state index in [-0.39, 0.29) is 11.6 Å². The van der Waals surface area contributed by atoms with Crippen LogP contribution in [0.2, 0.25) is 0 Å². The fourth-order valence-corrected chi connectivity index (χ4v) is 3.88. The Morgan fingerprint density at radius 1 is 1.06 bits per heavy atom. The Balaban J connectivity index is 1.49. The molecule has 4 aromatic rings. The van der Waals surface area contributed by atoms with E-state index in [1.54, 1.807) is 6.08 Å². The van der Waals surface area contributed by atoms with Gasteiger partial charge in [-0.25, -0.2) is 4.79 Å². The highest BCUT2D eigenvalue weighted by Crippen LogP contribution is 2.23. The first kappa shape index (κ1) is 23.1. The molecular formula is C25H23N5O3S. The summed E-state index contributed by atoms with van der Waals surface area (Å²) in [6.07, 6.45) is 1.34. The van der Waals surface area contributed by atoms with Gasteiger partial charge in [0.2, 0.25) is 0 Å². The molecule has 0 spiro atoms. The van der Waals surface area contributed by atoms with Crippen LogP contribution in [0.3, 0.4) is 0 Å². The lowest BCUT2D eigenvalue weighted by molar-refractivity contribution is -0.149. The normalized spacial score (nSPS) is 12.2. The zero-order chi connectivity index (χ0) is 23.8. The van der Waals surface area contributed by atoms with Crippen LogP contribution in [-0.2, 0) is 20.7 Å². The van der Waals surface area contributed by atoms with Crippen molar-refractivity contribution in [1.29, 1.82) is 0 Å². The molecule has 0 saturated carbocycles. The number of amides is 1. The second kappa shape index (κ2) is 11.2. The zero-order valence-electron chi connectivity index (χ0n) is 18.5. The number of aromatic nitrogens is 4. The summed E-state index contributed by atoms with van der Waals surface area (Å²) in [6, 6.07) is 22.9. The van der Waals surface area contributed by atoms with E-state index in [2.05, 4.69) is 20.8 Å². The first-order chi connectivity index (χ1) is 16.6. The molecule has 34 heavy (non-hydrogen) atoms. The lowest BCUT2D eigenvalue weighted by Gasteiger charge is -2.15. The molecule has 0 aliphatic heterocycles. The number of nitrogens with zero attached hydrogens (tertiary/aromatic N) is 4. The summed E-state index contributed by atoms with van der Waals surface area (Å²) in [5.74, 6) is -0.691. The maximum Gasteiger partial charge on any atom is 0.357 e. The van der Waals surface area contributed by atoms with Crippen molar-refractivity contribution in [3.8, 4) is 11.4 Å². The quantitative estimate of drug-likeness (QED) is 0.294. The molecule has 1 N–H and O–H groups in total. The molecule has 4 rings (SSSR count). The largest absolute Gasteiger partial charge is 0.448 e. The Kier molecular flexibility index (Phi) is 7.56. The molecule has 1 atom stereocenters. The smallest absolute Gasteiger partial charge is 0.357 e. The van der Waals surface area contributed by atoms with E-state index in [1.165, 1.54) is 22.9 Å². The highest BCUT2D eigenvalue weighted by Gasteiger charge is 2.25. The second-order valence-electron chi connectivity index (χ2n) is 7.40. The Labute approximate surface area is 200 Å². The molecule has 1 amide bonds. The summed E-state index contributed by atoms with van der Waals surface area (Å²) in [6.45, 7) is 1.98. The van der Waals surface area contributed by atoms with Gasteiger partial charge in [-0.05, 0) is 46.9 Å². The van der Waals surface area contributed by atoms with E-state index in [0.717, 1.165) is 16.0 Å². The molecule has 0 fully saturated rings. The second-order valence-corrected chi connectivity index (χ2v) is 8.38. The molecule has 0 radical (unpaired) electrons. The third-order valence-corrected chi connectivity index (χ3v) is 5.79. The Morgan fingerprint density at radius 3 is 2.50 bits per heavy atom. The molecule has 8 nitrogen and oxygen atoms in total. The number of carbonyl (C=O) groups is 2. The molecule has 2 heterocycles. The average molecular weight is 474 g/mol. The standard InChI is InChI=1S/C25H23N5O3S/c1-18(24(31)26-15-14-19-9-4-2-5-10-19)33-25(32)22(17-21-13-8-16-34-21)30-23(27-28-29-30)20-11-6-3-7-12-20/h2-13,16-18H,14-15H2,1H3,(H,26,31)/b22-17-. The number of rotatable bonds is 9. The number of hydrogen-bond donors (Lipinski definition) is 1. The van der Waals surface area contributed by atoms with Crippen LogP contribution in [0, 0.1) is 0 Å². The number of ether oxygens (including phenoxy) is 1. The Bertz CT molecular complexity index is 1250. The van der Waals surface area contributed by atoms with Gasteiger partial charge >= 0.3 is 5.97 Å². The van der Waals surface area contributed by atoms with Gasteiger partial charge in [0.05, 0.1) is 0 Å². The van der Waals surface area contributed by atoms with Gasteiger partial charge in [0.15, 0.2) is 17.6 Å². The molecule has 0 aliphatic rings. The van der Waals surface area contributed by atoms with Crippen LogP contribution in [0.4, 0.5) is 0 Å². The summed E-state index contributed by atoms with van der Waals surface area (Å²) >= 11 is 1.46. The predicted octanol–water partition coefficient (Wildman–Crippen LogP) is 3.69. The number of nitrogens with one attached hydrogen (secondary N) is 1. The minimum absolute atomic E-state index is 0.107. The lowest BCUT2D eigenvalue weighted by Crippen LogP contribution is -2.37. The molecule has 2 aromatic carbocycles. The zero-order valence-corrected chi connectivity index (χ0v) is 19.3. The van der Waals surface area contributed by atoms with Crippen molar-refractivity contribution in [2.24, 2.45) is 0 Å². The lowest BCUT2D eigenvalue weighted by atomic mass is 10.1. The van der Waals surface area contributed by atoms with E-state index < -0.39 is 12.1 Å².